The standard InChI is InChI=1S/C12H22FNO/c13-12(6-1-3-10(14)9-12)7-5-11-4-2-8-15-11/h10-11H,1-9,14H2. The predicted octanol–water partition coefficient (Wildman–Crippen LogP) is 2.56. The first-order chi connectivity index (χ1) is 7.18. The van der Waals surface area contributed by atoms with Crippen molar-refractivity contribution in [2.75, 3.05) is 6.61 Å². The molecule has 2 nitrogen and oxygen atoms in total. The number of hydrogen-bond acceptors (Lipinski definition) is 2. The summed E-state index contributed by atoms with van der Waals surface area (Å²) in [4.78, 5) is 0. The van der Waals surface area contributed by atoms with Gasteiger partial charge in [0.1, 0.15) is 5.67 Å². The normalized spacial score (nSPS) is 42.0. The Kier molecular flexibility index (Phi) is 3.62. The van der Waals surface area contributed by atoms with Crippen LogP contribution in [-0.2, 0) is 4.74 Å². The van der Waals surface area contributed by atoms with Crippen LogP contribution in [0.5, 0.6) is 0 Å². The van der Waals surface area contributed by atoms with Gasteiger partial charge >= 0.3 is 0 Å². The number of nitrogens with two attached hydrogens (primary N) is 1. The van der Waals surface area contributed by atoms with Crippen LogP contribution in [0, 0.1) is 0 Å². The zero-order valence-corrected chi connectivity index (χ0v) is 9.38. The molecule has 0 aromatic carbocycles. The summed E-state index contributed by atoms with van der Waals surface area (Å²) in [6.45, 7) is 0.865. The van der Waals surface area contributed by atoms with E-state index in [0.29, 0.717) is 25.4 Å². The molecule has 0 radical (unpaired) electrons. The van der Waals surface area contributed by atoms with Crippen LogP contribution >= 0.6 is 0 Å². The van der Waals surface area contributed by atoms with E-state index in [-0.39, 0.29) is 6.04 Å². The second-order valence-corrected chi connectivity index (χ2v) is 5.18. The Hall–Kier alpha value is -0.150. The van der Waals surface area contributed by atoms with Crippen molar-refractivity contribution < 1.29 is 9.13 Å². The smallest absolute Gasteiger partial charge is 0.112 e. The summed E-state index contributed by atoms with van der Waals surface area (Å²) in [7, 11) is 0. The Morgan fingerprint density at radius 3 is 2.87 bits per heavy atom. The summed E-state index contributed by atoms with van der Waals surface area (Å²) in [6, 6.07) is 0.0771. The van der Waals surface area contributed by atoms with Gasteiger partial charge in [-0.2, -0.15) is 0 Å². The summed E-state index contributed by atoms with van der Waals surface area (Å²) in [5.41, 5.74) is 4.83. The summed E-state index contributed by atoms with van der Waals surface area (Å²) in [5, 5.41) is 0. The van der Waals surface area contributed by atoms with E-state index in [1.54, 1.807) is 0 Å². The van der Waals surface area contributed by atoms with Crippen LogP contribution < -0.4 is 5.73 Å². The molecule has 3 unspecified atom stereocenters. The van der Waals surface area contributed by atoms with Gasteiger partial charge in [-0.15, -0.1) is 0 Å². The van der Waals surface area contributed by atoms with E-state index in [1.807, 2.05) is 0 Å². The second-order valence-electron chi connectivity index (χ2n) is 5.18. The topological polar surface area (TPSA) is 35.2 Å². The maximum atomic E-state index is 14.3. The molecule has 0 aromatic heterocycles. The van der Waals surface area contributed by atoms with E-state index < -0.39 is 5.67 Å². The molecule has 1 aliphatic carbocycles. The highest BCUT2D eigenvalue weighted by Crippen LogP contribution is 2.36. The van der Waals surface area contributed by atoms with E-state index in [0.717, 1.165) is 38.7 Å². The fourth-order valence-electron chi connectivity index (χ4n) is 2.87. The minimum Gasteiger partial charge on any atom is -0.378 e. The minimum atomic E-state index is -0.996. The van der Waals surface area contributed by atoms with E-state index in [1.165, 1.54) is 0 Å². The first-order valence-electron chi connectivity index (χ1n) is 6.24. The molecule has 0 spiro atoms. The first-order valence-corrected chi connectivity index (χ1v) is 6.24. The van der Waals surface area contributed by atoms with E-state index >= 15 is 0 Å². The Morgan fingerprint density at radius 2 is 2.20 bits per heavy atom. The lowest BCUT2D eigenvalue weighted by Gasteiger charge is -2.33. The highest BCUT2D eigenvalue weighted by molar-refractivity contribution is 4.89. The van der Waals surface area contributed by atoms with Gasteiger partial charge in [-0.1, -0.05) is 0 Å². The molecule has 1 heterocycles. The molecule has 1 aliphatic heterocycles. The molecule has 1 saturated carbocycles. The highest BCUT2D eigenvalue weighted by Gasteiger charge is 2.35. The summed E-state index contributed by atoms with van der Waals surface area (Å²) in [6.07, 6.45) is 7.29. The molecule has 1 saturated heterocycles. The number of ether oxygens (including phenoxy) is 1. The van der Waals surface area contributed by atoms with Gasteiger partial charge in [0.05, 0.1) is 6.10 Å². The number of alkyl halides is 1. The molecule has 2 N–H and O–H groups in total. The van der Waals surface area contributed by atoms with E-state index in [4.69, 9.17) is 10.5 Å². The van der Waals surface area contributed by atoms with Crippen molar-refractivity contribution >= 4 is 0 Å². The molecule has 2 fully saturated rings. The van der Waals surface area contributed by atoms with Crippen LogP contribution in [0.15, 0.2) is 0 Å². The molecule has 3 heteroatoms. The molecule has 0 amide bonds. The van der Waals surface area contributed by atoms with Crippen molar-refractivity contribution in [3.8, 4) is 0 Å². The molecule has 15 heavy (non-hydrogen) atoms. The highest BCUT2D eigenvalue weighted by atomic mass is 19.1. The van der Waals surface area contributed by atoms with Gasteiger partial charge in [-0.05, 0) is 51.4 Å². The lowest BCUT2D eigenvalue weighted by molar-refractivity contribution is 0.0481. The Labute approximate surface area is 91.4 Å². The number of hydrogen-bond donors (Lipinski definition) is 1. The molecular weight excluding hydrogens is 193 g/mol. The lowest BCUT2D eigenvalue weighted by atomic mass is 9.80. The molecule has 3 atom stereocenters. The Balaban J connectivity index is 1.76. The zero-order valence-electron chi connectivity index (χ0n) is 9.38. The van der Waals surface area contributed by atoms with Gasteiger partial charge in [0.2, 0.25) is 0 Å². The second kappa shape index (κ2) is 4.79. The van der Waals surface area contributed by atoms with E-state index in [2.05, 4.69) is 0 Å². The van der Waals surface area contributed by atoms with Crippen LogP contribution in [0.25, 0.3) is 0 Å². The average Bonchev–Trinajstić information content (AvgIpc) is 2.67. The molecule has 2 aliphatic rings. The van der Waals surface area contributed by atoms with Crippen molar-refractivity contribution in [3.63, 3.8) is 0 Å². The maximum absolute atomic E-state index is 14.3. The van der Waals surface area contributed by atoms with Crippen molar-refractivity contribution in [2.45, 2.75) is 69.2 Å². The van der Waals surface area contributed by atoms with Crippen molar-refractivity contribution in [2.24, 2.45) is 5.73 Å². The maximum Gasteiger partial charge on any atom is 0.112 e. The van der Waals surface area contributed by atoms with E-state index in [9.17, 15) is 4.39 Å². The minimum absolute atomic E-state index is 0.0771. The fourth-order valence-corrected chi connectivity index (χ4v) is 2.87. The van der Waals surface area contributed by atoms with Gasteiger partial charge in [-0.25, -0.2) is 4.39 Å². The number of halogens is 1. The van der Waals surface area contributed by atoms with Gasteiger partial charge < -0.3 is 10.5 Å². The van der Waals surface area contributed by atoms with Crippen LogP contribution in [0.4, 0.5) is 4.39 Å². The van der Waals surface area contributed by atoms with Gasteiger partial charge in [0.15, 0.2) is 0 Å². The first kappa shape index (κ1) is 11.3. The fraction of sp³-hybridized carbons (Fsp3) is 1.00. The zero-order chi connectivity index (χ0) is 10.7. The SMILES string of the molecule is NC1CCCC(F)(CCC2CCCO2)C1. The van der Waals surface area contributed by atoms with Gasteiger partial charge in [-0.3, -0.25) is 0 Å². The van der Waals surface area contributed by atoms with Crippen LogP contribution in [0.2, 0.25) is 0 Å². The third kappa shape index (κ3) is 3.15. The van der Waals surface area contributed by atoms with Crippen molar-refractivity contribution in [1.82, 2.24) is 0 Å². The molecule has 0 aromatic rings. The summed E-state index contributed by atoms with van der Waals surface area (Å²) < 4.78 is 19.9. The molecule has 2 rings (SSSR count). The van der Waals surface area contributed by atoms with Gasteiger partial charge in [0, 0.05) is 12.6 Å². The Morgan fingerprint density at radius 1 is 1.33 bits per heavy atom. The Bertz CT molecular complexity index is 206. The van der Waals surface area contributed by atoms with Gasteiger partial charge in [0.25, 0.3) is 0 Å². The molecule has 88 valence electrons. The summed E-state index contributed by atoms with van der Waals surface area (Å²) in [5.74, 6) is 0. The molecular formula is C12H22FNO. The average molecular weight is 215 g/mol. The third-order valence-electron chi connectivity index (χ3n) is 3.77. The van der Waals surface area contributed by atoms with Crippen LogP contribution in [0.1, 0.15) is 51.4 Å². The largest absolute Gasteiger partial charge is 0.378 e. The molecule has 0 bridgehead atoms. The number of rotatable bonds is 3. The third-order valence-corrected chi connectivity index (χ3v) is 3.77. The summed E-state index contributed by atoms with van der Waals surface area (Å²) >= 11 is 0. The lowest BCUT2D eigenvalue weighted by Crippen LogP contribution is -2.38. The monoisotopic (exact) mass is 215 g/mol. The van der Waals surface area contributed by atoms with Crippen molar-refractivity contribution in [3.05, 3.63) is 0 Å². The van der Waals surface area contributed by atoms with Crippen molar-refractivity contribution in [1.29, 1.82) is 0 Å². The quantitative estimate of drug-likeness (QED) is 0.785. The van der Waals surface area contributed by atoms with Crippen LogP contribution in [0.3, 0.4) is 0 Å². The predicted molar refractivity (Wildman–Crippen MR) is 58.5 cm³/mol. The van der Waals surface area contributed by atoms with Crippen LogP contribution in [-0.4, -0.2) is 24.4 Å².